The van der Waals surface area contributed by atoms with Crippen LogP contribution in [0.4, 0.5) is 5.82 Å². The van der Waals surface area contributed by atoms with Gasteiger partial charge in [0.05, 0.1) is 0 Å². The van der Waals surface area contributed by atoms with Gasteiger partial charge in [0.15, 0.2) is 11.0 Å². The standard InChI is InChI=1S/C9H13Cl2N5O/c1-5(2)13-6(17)3-4-12-8-7(10)15-16-9(11)14-8/h5H,3-4H2,1-2H3,(H,13,17)(H,12,14,16). The molecule has 0 aliphatic rings. The molecule has 1 heterocycles. The Morgan fingerprint density at radius 2 is 2.06 bits per heavy atom. The van der Waals surface area contributed by atoms with Gasteiger partial charge < -0.3 is 10.6 Å². The zero-order chi connectivity index (χ0) is 12.8. The molecule has 1 amide bonds. The van der Waals surface area contributed by atoms with E-state index in [4.69, 9.17) is 23.2 Å². The monoisotopic (exact) mass is 277 g/mol. The molecular formula is C9H13Cl2N5O. The first kappa shape index (κ1) is 13.9. The summed E-state index contributed by atoms with van der Waals surface area (Å²) in [5.74, 6) is 0.278. The van der Waals surface area contributed by atoms with E-state index in [1.807, 2.05) is 13.8 Å². The third-order valence-corrected chi connectivity index (χ3v) is 2.13. The molecule has 8 heteroatoms. The summed E-state index contributed by atoms with van der Waals surface area (Å²) in [6.07, 6.45) is 0.316. The van der Waals surface area contributed by atoms with E-state index in [0.29, 0.717) is 18.8 Å². The summed E-state index contributed by atoms with van der Waals surface area (Å²) in [4.78, 5) is 15.2. The van der Waals surface area contributed by atoms with Crippen LogP contribution in [0, 0.1) is 0 Å². The average molecular weight is 278 g/mol. The molecule has 0 atom stereocenters. The lowest BCUT2D eigenvalue weighted by Gasteiger charge is -2.09. The molecule has 0 spiro atoms. The van der Waals surface area contributed by atoms with Gasteiger partial charge >= 0.3 is 0 Å². The molecule has 0 fully saturated rings. The predicted octanol–water partition coefficient (Wildman–Crippen LogP) is 1.50. The maximum absolute atomic E-state index is 11.3. The van der Waals surface area contributed by atoms with Crippen molar-refractivity contribution in [1.29, 1.82) is 0 Å². The Morgan fingerprint density at radius 1 is 1.35 bits per heavy atom. The molecule has 1 aromatic rings. The molecule has 0 unspecified atom stereocenters. The van der Waals surface area contributed by atoms with E-state index < -0.39 is 0 Å². The van der Waals surface area contributed by atoms with Crippen LogP contribution in [-0.4, -0.2) is 33.7 Å². The lowest BCUT2D eigenvalue weighted by atomic mass is 10.3. The van der Waals surface area contributed by atoms with E-state index in [1.165, 1.54) is 0 Å². The Hall–Kier alpha value is -1.14. The molecule has 0 radical (unpaired) electrons. The molecular weight excluding hydrogens is 265 g/mol. The highest BCUT2D eigenvalue weighted by molar-refractivity contribution is 6.32. The molecule has 0 aliphatic carbocycles. The molecule has 0 aromatic carbocycles. The molecule has 1 aromatic heterocycles. The highest BCUT2D eigenvalue weighted by Gasteiger charge is 2.07. The minimum atomic E-state index is -0.0447. The second-order valence-corrected chi connectivity index (χ2v) is 4.32. The summed E-state index contributed by atoms with van der Waals surface area (Å²) in [6, 6.07) is 0.126. The van der Waals surface area contributed by atoms with E-state index >= 15 is 0 Å². The number of rotatable bonds is 5. The van der Waals surface area contributed by atoms with Crippen molar-refractivity contribution in [2.24, 2.45) is 0 Å². The smallest absolute Gasteiger partial charge is 0.245 e. The second-order valence-electron chi connectivity index (χ2n) is 3.62. The van der Waals surface area contributed by atoms with E-state index in [1.54, 1.807) is 0 Å². The summed E-state index contributed by atoms with van der Waals surface area (Å²) in [5.41, 5.74) is 0. The summed E-state index contributed by atoms with van der Waals surface area (Å²) in [5, 5.41) is 12.8. The van der Waals surface area contributed by atoms with E-state index in [-0.39, 0.29) is 22.4 Å². The first-order valence-electron chi connectivity index (χ1n) is 5.08. The first-order chi connectivity index (χ1) is 7.99. The molecule has 1 rings (SSSR count). The third-order valence-electron chi connectivity index (χ3n) is 1.71. The predicted molar refractivity (Wildman–Crippen MR) is 66.2 cm³/mol. The lowest BCUT2D eigenvalue weighted by Crippen LogP contribution is -2.31. The van der Waals surface area contributed by atoms with Gasteiger partial charge in [0.2, 0.25) is 11.2 Å². The number of amides is 1. The summed E-state index contributed by atoms with van der Waals surface area (Å²) in [7, 11) is 0. The average Bonchev–Trinajstić information content (AvgIpc) is 2.22. The summed E-state index contributed by atoms with van der Waals surface area (Å²) in [6.45, 7) is 4.19. The summed E-state index contributed by atoms with van der Waals surface area (Å²) >= 11 is 11.3. The van der Waals surface area contributed by atoms with Crippen molar-refractivity contribution in [2.75, 3.05) is 11.9 Å². The minimum Gasteiger partial charge on any atom is -0.367 e. The van der Waals surface area contributed by atoms with Crippen molar-refractivity contribution in [3.63, 3.8) is 0 Å². The number of carbonyl (C=O) groups is 1. The van der Waals surface area contributed by atoms with E-state index in [9.17, 15) is 4.79 Å². The Morgan fingerprint density at radius 3 is 2.71 bits per heavy atom. The molecule has 0 saturated carbocycles. The van der Waals surface area contributed by atoms with Gasteiger partial charge in [-0.1, -0.05) is 11.6 Å². The Bertz CT molecular complexity index is 399. The van der Waals surface area contributed by atoms with Crippen LogP contribution in [0.15, 0.2) is 0 Å². The number of aromatic nitrogens is 3. The van der Waals surface area contributed by atoms with Gasteiger partial charge in [-0.25, -0.2) is 0 Å². The fourth-order valence-corrected chi connectivity index (χ4v) is 1.36. The SMILES string of the molecule is CC(C)NC(=O)CCNc1nc(Cl)nnc1Cl. The largest absolute Gasteiger partial charge is 0.367 e. The van der Waals surface area contributed by atoms with Crippen LogP contribution in [-0.2, 0) is 4.79 Å². The van der Waals surface area contributed by atoms with Crippen molar-refractivity contribution >= 4 is 34.9 Å². The van der Waals surface area contributed by atoms with Crippen LogP contribution in [0.1, 0.15) is 20.3 Å². The molecule has 2 N–H and O–H groups in total. The van der Waals surface area contributed by atoms with Crippen molar-refractivity contribution in [3.8, 4) is 0 Å². The number of nitrogens with zero attached hydrogens (tertiary/aromatic N) is 3. The highest BCUT2D eigenvalue weighted by Crippen LogP contribution is 2.16. The highest BCUT2D eigenvalue weighted by atomic mass is 35.5. The van der Waals surface area contributed by atoms with Gasteiger partial charge in [0.1, 0.15) is 0 Å². The van der Waals surface area contributed by atoms with Crippen LogP contribution in [0.2, 0.25) is 10.4 Å². The number of anilines is 1. The second kappa shape index (κ2) is 6.56. The lowest BCUT2D eigenvalue weighted by molar-refractivity contribution is -0.121. The van der Waals surface area contributed by atoms with Crippen molar-refractivity contribution < 1.29 is 4.79 Å². The zero-order valence-corrected chi connectivity index (χ0v) is 11.0. The third kappa shape index (κ3) is 5.14. The summed E-state index contributed by atoms with van der Waals surface area (Å²) < 4.78 is 0. The molecule has 0 aliphatic heterocycles. The maximum Gasteiger partial charge on any atom is 0.245 e. The molecule has 17 heavy (non-hydrogen) atoms. The quantitative estimate of drug-likeness (QED) is 0.853. The minimum absolute atomic E-state index is 0.00327. The number of nitrogens with one attached hydrogen (secondary N) is 2. The van der Waals surface area contributed by atoms with Gasteiger partial charge in [-0.15, -0.1) is 10.2 Å². The van der Waals surface area contributed by atoms with E-state index in [0.717, 1.165) is 0 Å². The van der Waals surface area contributed by atoms with Crippen molar-refractivity contribution in [3.05, 3.63) is 10.4 Å². The molecule has 0 bridgehead atoms. The Balaban J connectivity index is 2.40. The number of halogens is 2. The van der Waals surface area contributed by atoms with Gasteiger partial charge in [-0.3, -0.25) is 4.79 Å². The molecule has 94 valence electrons. The molecule has 0 saturated heterocycles. The van der Waals surface area contributed by atoms with Gasteiger partial charge in [0, 0.05) is 19.0 Å². The van der Waals surface area contributed by atoms with Crippen molar-refractivity contribution in [1.82, 2.24) is 20.5 Å². The molecule has 6 nitrogen and oxygen atoms in total. The van der Waals surface area contributed by atoms with E-state index in [2.05, 4.69) is 25.8 Å². The van der Waals surface area contributed by atoms with Crippen LogP contribution < -0.4 is 10.6 Å². The topological polar surface area (TPSA) is 79.8 Å². The van der Waals surface area contributed by atoms with Crippen molar-refractivity contribution in [2.45, 2.75) is 26.3 Å². The van der Waals surface area contributed by atoms with Gasteiger partial charge in [-0.05, 0) is 25.4 Å². The van der Waals surface area contributed by atoms with Crippen LogP contribution in [0.3, 0.4) is 0 Å². The van der Waals surface area contributed by atoms with Crippen LogP contribution in [0.25, 0.3) is 0 Å². The fraction of sp³-hybridized carbons (Fsp3) is 0.556. The normalized spacial score (nSPS) is 10.4. The number of carbonyl (C=O) groups excluding carboxylic acids is 1. The van der Waals surface area contributed by atoms with Crippen LogP contribution in [0.5, 0.6) is 0 Å². The Labute approximate surface area is 109 Å². The van der Waals surface area contributed by atoms with Crippen LogP contribution >= 0.6 is 23.2 Å². The zero-order valence-electron chi connectivity index (χ0n) is 9.50. The fourth-order valence-electron chi connectivity index (χ4n) is 1.09. The number of hydrogen-bond donors (Lipinski definition) is 2. The van der Waals surface area contributed by atoms with Gasteiger partial charge in [0.25, 0.3) is 0 Å². The van der Waals surface area contributed by atoms with Gasteiger partial charge in [-0.2, -0.15) is 4.98 Å². The Kier molecular flexibility index (Phi) is 5.37. The maximum atomic E-state index is 11.3. The number of hydrogen-bond acceptors (Lipinski definition) is 5. The first-order valence-corrected chi connectivity index (χ1v) is 5.83.